The fourth-order valence-electron chi connectivity index (χ4n) is 18.0. The first-order valence-corrected chi connectivity index (χ1v) is 37.0. The molecule has 0 radical (unpaired) electrons. The number of nitrogens with zero attached hydrogens (tertiary/aromatic N) is 6. The van der Waals surface area contributed by atoms with Crippen LogP contribution in [-0.4, -0.2) is 27.4 Å². The smallest absolute Gasteiger partial charge is 0.0641 e. The van der Waals surface area contributed by atoms with Crippen molar-refractivity contribution in [3.05, 3.63) is 338 Å². The van der Waals surface area contributed by atoms with Gasteiger partial charge in [-0.1, -0.05) is 216 Å². The molecule has 0 spiro atoms. The fourth-order valence-corrected chi connectivity index (χ4v) is 18.0. The van der Waals surface area contributed by atoms with Gasteiger partial charge in [0.2, 0.25) is 0 Å². The van der Waals surface area contributed by atoms with Gasteiger partial charge in [0.25, 0.3) is 0 Å². The Balaban J connectivity index is 0.740. The zero-order valence-corrected chi connectivity index (χ0v) is 58.5. The first-order chi connectivity index (χ1) is 51.4. The molecule has 0 unspecified atom stereocenters. The van der Waals surface area contributed by atoms with Gasteiger partial charge in [-0.25, -0.2) is 0 Å². The van der Waals surface area contributed by atoms with Gasteiger partial charge < -0.3 is 27.4 Å². The molecule has 0 N–H and O–H groups in total. The standard InChI is InChI=1S/C98H72N6/c1-5-61-49-65(57-71(53-61)99-87-40-24-18-34-81(87)93-90(99)46-43-78-75-31-15-21-37-84(75)102(96(78)93)69-27-11-9-12-28-69)66-50-62(6-2)54-72(58-66)101-89-42-26-20-36-83(89)95-92(101)48-45-80-77-33-17-23-39-86(77)104(98(80)95)74-56-64(8-4)52-68(60-74)67-51-63(7-3)55-73(59-67)100-88-41-25-19-35-82(88)94-91(100)47-44-79-76-32-16-22-38-85(76)103(97(79)94)70-29-13-10-14-30-70/h9-60H,5-8H2,1-4H3. The highest BCUT2D eigenvalue weighted by molar-refractivity contribution is 6.29. The minimum absolute atomic E-state index is 0.882. The summed E-state index contributed by atoms with van der Waals surface area (Å²) in [4.78, 5) is 0. The van der Waals surface area contributed by atoms with Crippen LogP contribution in [0.4, 0.5) is 0 Å². The quantitative estimate of drug-likeness (QED) is 0.117. The van der Waals surface area contributed by atoms with E-state index in [-0.39, 0.29) is 0 Å². The van der Waals surface area contributed by atoms with Gasteiger partial charge in [-0.05, 0) is 198 Å². The van der Waals surface area contributed by atoms with Crippen LogP contribution in [0.25, 0.3) is 187 Å². The molecule has 494 valence electrons. The lowest BCUT2D eigenvalue weighted by atomic mass is 9.97. The van der Waals surface area contributed by atoms with Crippen LogP contribution in [-0.2, 0) is 25.7 Å². The molecule has 0 aliphatic carbocycles. The molecule has 0 atom stereocenters. The predicted octanol–water partition coefficient (Wildman–Crippen LogP) is 25.9. The molecule has 0 saturated heterocycles. The summed E-state index contributed by atoms with van der Waals surface area (Å²) in [6.07, 6.45) is 3.56. The molecule has 0 saturated carbocycles. The molecule has 0 bridgehead atoms. The average molecular weight is 1330 g/mol. The van der Waals surface area contributed by atoms with Crippen LogP contribution in [0.3, 0.4) is 0 Å². The number of aromatic nitrogens is 6. The first-order valence-electron chi connectivity index (χ1n) is 37.0. The third kappa shape index (κ3) is 8.81. The molecule has 21 rings (SSSR count). The van der Waals surface area contributed by atoms with Crippen molar-refractivity contribution in [2.45, 2.75) is 53.4 Å². The molecule has 0 aliphatic rings. The topological polar surface area (TPSA) is 29.6 Å². The van der Waals surface area contributed by atoms with Crippen LogP contribution in [0.2, 0.25) is 0 Å². The molecule has 15 aromatic carbocycles. The Morgan fingerprint density at radius 1 is 0.173 bits per heavy atom. The second kappa shape index (κ2) is 23.3. The lowest BCUT2D eigenvalue weighted by molar-refractivity contribution is 1.10. The lowest BCUT2D eigenvalue weighted by Crippen LogP contribution is -2.00. The summed E-state index contributed by atoms with van der Waals surface area (Å²) >= 11 is 0. The maximum absolute atomic E-state index is 2.59. The second-order valence-electron chi connectivity index (χ2n) is 28.3. The zero-order valence-electron chi connectivity index (χ0n) is 58.5. The van der Waals surface area contributed by atoms with E-state index in [2.05, 4.69) is 371 Å². The second-order valence-corrected chi connectivity index (χ2v) is 28.3. The Morgan fingerprint density at radius 2 is 0.404 bits per heavy atom. The van der Waals surface area contributed by atoms with Crippen LogP contribution in [0.5, 0.6) is 0 Å². The van der Waals surface area contributed by atoms with Crippen LogP contribution in [0.1, 0.15) is 49.9 Å². The fraction of sp³-hybridized carbons (Fsp3) is 0.0816. The van der Waals surface area contributed by atoms with Crippen molar-refractivity contribution < 1.29 is 0 Å². The summed E-state index contributed by atoms with van der Waals surface area (Å²) in [6.45, 7) is 9.18. The van der Waals surface area contributed by atoms with E-state index in [1.165, 1.54) is 175 Å². The molecule has 6 nitrogen and oxygen atoms in total. The number of aryl methyl sites for hydroxylation is 4. The number of rotatable bonds is 12. The van der Waals surface area contributed by atoms with E-state index in [9.17, 15) is 0 Å². The van der Waals surface area contributed by atoms with Crippen molar-refractivity contribution in [2.24, 2.45) is 0 Å². The highest BCUT2D eigenvalue weighted by Crippen LogP contribution is 2.48. The van der Waals surface area contributed by atoms with E-state index in [0.29, 0.717) is 0 Å². The van der Waals surface area contributed by atoms with Crippen molar-refractivity contribution in [1.82, 2.24) is 27.4 Å². The van der Waals surface area contributed by atoms with E-state index < -0.39 is 0 Å². The normalized spacial score (nSPS) is 12.2. The lowest BCUT2D eigenvalue weighted by Gasteiger charge is -2.17. The van der Waals surface area contributed by atoms with Gasteiger partial charge in [-0.3, -0.25) is 0 Å². The van der Waals surface area contributed by atoms with E-state index in [1.807, 2.05) is 0 Å². The number of benzene rings is 15. The molecule has 6 heterocycles. The van der Waals surface area contributed by atoms with E-state index in [0.717, 1.165) is 59.8 Å². The Kier molecular flexibility index (Phi) is 13.4. The predicted molar refractivity (Wildman–Crippen MR) is 441 cm³/mol. The van der Waals surface area contributed by atoms with Crippen LogP contribution >= 0.6 is 0 Å². The summed E-state index contributed by atoms with van der Waals surface area (Å²) in [5, 5.41) is 14.9. The van der Waals surface area contributed by atoms with Crippen molar-refractivity contribution in [2.75, 3.05) is 0 Å². The van der Waals surface area contributed by atoms with Gasteiger partial charge in [0.15, 0.2) is 0 Å². The molecule has 6 heteroatoms. The Labute approximate surface area is 602 Å². The molecule has 21 aromatic rings. The largest absolute Gasteiger partial charge is 0.309 e. The summed E-state index contributed by atoms with van der Waals surface area (Å²) in [5.41, 5.74) is 31.3. The zero-order chi connectivity index (χ0) is 69.0. The maximum Gasteiger partial charge on any atom is 0.0641 e. The maximum atomic E-state index is 2.59. The molecule has 0 fully saturated rings. The molecular weight excluding hydrogens is 1260 g/mol. The van der Waals surface area contributed by atoms with Crippen LogP contribution in [0, 0.1) is 0 Å². The number of hydrogen-bond acceptors (Lipinski definition) is 0. The molecule has 0 amide bonds. The van der Waals surface area contributed by atoms with Gasteiger partial charge in [-0.2, -0.15) is 0 Å². The molecule has 6 aromatic heterocycles. The van der Waals surface area contributed by atoms with Crippen LogP contribution < -0.4 is 0 Å². The van der Waals surface area contributed by atoms with Crippen molar-refractivity contribution in [3.63, 3.8) is 0 Å². The third-order valence-corrected chi connectivity index (χ3v) is 22.7. The minimum Gasteiger partial charge on any atom is -0.309 e. The summed E-state index contributed by atoms with van der Waals surface area (Å²) < 4.78 is 15.2. The van der Waals surface area contributed by atoms with E-state index in [1.54, 1.807) is 0 Å². The molecule has 0 aliphatic heterocycles. The first kappa shape index (κ1) is 59.9. The summed E-state index contributed by atoms with van der Waals surface area (Å²) in [5.74, 6) is 0. The molecule has 104 heavy (non-hydrogen) atoms. The summed E-state index contributed by atoms with van der Waals surface area (Å²) in [6, 6.07) is 119. The van der Waals surface area contributed by atoms with Gasteiger partial charge in [-0.15, -0.1) is 0 Å². The van der Waals surface area contributed by atoms with Gasteiger partial charge in [0.1, 0.15) is 0 Å². The number of hydrogen-bond donors (Lipinski definition) is 0. The highest BCUT2D eigenvalue weighted by atomic mass is 15.0. The number of para-hydroxylation sites is 8. The Bertz CT molecular complexity index is 7140. The van der Waals surface area contributed by atoms with Gasteiger partial charge in [0, 0.05) is 98.8 Å². The monoisotopic (exact) mass is 1330 g/mol. The van der Waals surface area contributed by atoms with Crippen molar-refractivity contribution >= 4 is 131 Å². The van der Waals surface area contributed by atoms with Crippen molar-refractivity contribution in [3.8, 4) is 56.4 Å². The summed E-state index contributed by atoms with van der Waals surface area (Å²) in [7, 11) is 0. The average Bonchev–Trinajstić information content (AvgIpc) is 1.55. The third-order valence-electron chi connectivity index (χ3n) is 22.7. The number of fused-ring (bicyclic) bond motifs is 21. The van der Waals surface area contributed by atoms with E-state index in [4.69, 9.17) is 0 Å². The van der Waals surface area contributed by atoms with Gasteiger partial charge in [0.05, 0.1) is 66.2 Å². The van der Waals surface area contributed by atoms with Crippen molar-refractivity contribution in [1.29, 1.82) is 0 Å². The minimum atomic E-state index is 0.882. The van der Waals surface area contributed by atoms with Gasteiger partial charge >= 0.3 is 0 Å². The molecular formula is C98H72N6. The SMILES string of the molecule is CCc1cc(-c2cc(CC)cc(-n3c4ccccc4c4c3ccc3c5ccccc5n(-c5cc(CC)cc(-c6cc(CC)cc(-n7c8ccccc8c8c7ccc7c9ccccc9n(-c9ccccc9)c78)c6)c5)c34)c2)cc(-n2c3ccccc3c3c2ccc2c4ccccc4n(-c4ccccc4)c23)c1. The highest BCUT2D eigenvalue weighted by Gasteiger charge is 2.27. The Hall–Kier alpha value is -12.9. The Morgan fingerprint density at radius 3 is 0.683 bits per heavy atom. The van der Waals surface area contributed by atoms with Crippen LogP contribution in [0.15, 0.2) is 315 Å². The van der Waals surface area contributed by atoms with E-state index >= 15 is 0 Å².